The molecule has 132 valence electrons. The number of benzene rings is 1. The summed E-state index contributed by atoms with van der Waals surface area (Å²) in [6.45, 7) is 14.1. The van der Waals surface area contributed by atoms with E-state index in [4.69, 9.17) is 4.74 Å². The minimum atomic E-state index is -3.60. The Morgan fingerprint density at radius 1 is 1.29 bits per heavy atom. The topological polar surface area (TPSA) is 84.5 Å². The fraction of sp³-hybridized carbons (Fsp3) is 0.353. The smallest absolute Gasteiger partial charge is 0.408 e. The Kier molecular flexibility index (Phi) is 6.20. The molecule has 1 amide bonds. The third-order valence-corrected chi connectivity index (χ3v) is 3.94. The van der Waals surface area contributed by atoms with Crippen LogP contribution in [-0.2, 0) is 14.8 Å². The molecule has 0 spiro atoms. The van der Waals surface area contributed by atoms with E-state index in [1.165, 1.54) is 6.08 Å². The lowest BCUT2D eigenvalue weighted by atomic mass is 10.0. The Hall–Kier alpha value is -2.28. The Morgan fingerprint density at radius 3 is 2.42 bits per heavy atom. The van der Waals surface area contributed by atoms with Crippen LogP contribution in [0.15, 0.2) is 36.8 Å². The summed E-state index contributed by atoms with van der Waals surface area (Å²) in [5.41, 5.74) is 1.19. The molecule has 1 unspecified atom stereocenters. The van der Waals surface area contributed by atoms with Gasteiger partial charge in [-0.15, -0.1) is 0 Å². The maximum absolute atomic E-state index is 11.8. The van der Waals surface area contributed by atoms with Crippen molar-refractivity contribution in [3.05, 3.63) is 47.9 Å². The van der Waals surface area contributed by atoms with E-state index in [9.17, 15) is 13.2 Å². The van der Waals surface area contributed by atoms with Crippen LogP contribution in [-0.4, -0.2) is 20.1 Å². The first-order valence-electron chi connectivity index (χ1n) is 7.38. The van der Waals surface area contributed by atoms with E-state index >= 15 is 0 Å². The number of nitrogens with one attached hydrogen (secondary N) is 2. The number of rotatable bonds is 6. The zero-order valence-electron chi connectivity index (χ0n) is 14.4. The van der Waals surface area contributed by atoms with E-state index < -0.39 is 21.7 Å². The third-order valence-electron chi connectivity index (χ3n) is 3.00. The standard InChI is InChI=1S/C17H24N2O4S/c1-7-13-11-14(9-10-15(13)19-24(21,22)8-2)12(3)18-16(20)23-17(4,5)6/h7-12,19H,1-2H2,3-6H3,(H,18,20). The molecule has 0 saturated carbocycles. The maximum atomic E-state index is 11.8. The molecular formula is C17H24N2O4S. The van der Waals surface area contributed by atoms with Crippen molar-refractivity contribution in [3.63, 3.8) is 0 Å². The lowest BCUT2D eigenvalue weighted by Crippen LogP contribution is -2.34. The molecule has 0 radical (unpaired) electrons. The van der Waals surface area contributed by atoms with Crippen LogP contribution in [0.4, 0.5) is 10.5 Å². The van der Waals surface area contributed by atoms with Gasteiger partial charge < -0.3 is 10.1 Å². The molecule has 0 heterocycles. The predicted octanol–water partition coefficient (Wildman–Crippen LogP) is 3.80. The molecule has 1 atom stereocenters. The molecule has 6 nitrogen and oxygen atoms in total. The van der Waals surface area contributed by atoms with Gasteiger partial charge in [0.15, 0.2) is 0 Å². The number of alkyl carbamates (subject to hydrolysis) is 1. The Bertz CT molecular complexity index is 733. The lowest BCUT2D eigenvalue weighted by Gasteiger charge is -2.22. The molecule has 0 saturated heterocycles. The van der Waals surface area contributed by atoms with Gasteiger partial charge in [-0.3, -0.25) is 4.72 Å². The lowest BCUT2D eigenvalue weighted by molar-refractivity contribution is 0.0508. The molecule has 1 rings (SSSR count). The van der Waals surface area contributed by atoms with Crippen LogP contribution >= 0.6 is 0 Å². The normalized spacial score (nSPS) is 12.8. The van der Waals surface area contributed by atoms with Crippen molar-refractivity contribution in [2.75, 3.05) is 4.72 Å². The summed E-state index contributed by atoms with van der Waals surface area (Å²) in [5.74, 6) is 0. The summed E-state index contributed by atoms with van der Waals surface area (Å²) in [7, 11) is -3.60. The second-order valence-corrected chi connectivity index (χ2v) is 7.86. The van der Waals surface area contributed by atoms with Crippen molar-refractivity contribution in [1.82, 2.24) is 5.32 Å². The van der Waals surface area contributed by atoms with Crippen molar-refractivity contribution in [1.29, 1.82) is 0 Å². The molecule has 0 aliphatic rings. The van der Waals surface area contributed by atoms with Crippen LogP contribution in [0.3, 0.4) is 0 Å². The van der Waals surface area contributed by atoms with E-state index in [-0.39, 0.29) is 6.04 Å². The zero-order valence-corrected chi connectivity index (χ0v) is 15.2. The van der Waals surface area contributed by atoms with Gasteiger partial charge in [-0.05, 0) is 51.0 Å². The van der Waals surface area contributed by atoms with Crippen LogP contribution in [0.2, 0.25) is 0 Å². The molecular weight excluding hydrogens is 328 g/mol. The number of hydrogen-bond donors (Lipinski definition) is 2. The number of sulfonamides is 1. The molecule has 24 heavy (non-hydrogen) atoms. The van der Waals surface area contributed by atoms with Crippen LogP contribution in [0, 0.1) is 0 Å². The summed E-state index contributed by atoms with van der Waals surface area (Å²) in [5, 5.41) is 3.57. The largest absolute Gasteiger partial charge is 0.444 e. The molecule has 2 N–H and O–H groups in total. The third kappa shape index (κ3) is 6.08. The second-order valence-electron chi connectivity index (χ2n) is 6.23. The van der Waals surface area contributed by atoms with Crippen molar-refractivity contribution in [2.45, 2.75) is 39.3 Å². The van der Waals surface area contributed by atoms with Gasteiger partial charge in [0.2, 0.25) is 0 Å². The highest BCUT2D eigenvalue weighted by Gasteiger charge is 2.19. The summed E-state index contributed by atoms with van der Waals surface area (Å²) < 4.78 is 30.8. The summed E-state index contributed by atoms with van der Waals surface area (Å²) in [6.07, 6.45) is 1.01. The molecule has 1 aromatic carbocycles. The van der Waals surface area contributed by atoms with Gasteiger partial charge in [-0.1, -0.05) is 25.3 Å². The summed E-state index contributed by atoms with van der Waals surface area (Å²) in [6, 6.07) is 4.76. The van der Waals surface area contributed by atoms with Gasteiger partial charge >= 0.3 is 6.09 Å². The zero-order chi connectivity index (χ0) is 18.5. The fourth-order valence-electron chi connectivity index (χ4n) is 1.87. The van der Waals surface area contributed by atoms with Gasteiger partial charge in [-0.25, -0.2) is 13.2 Å². The van der Waals surface area contributed by atoms with E-state index in [0.29, 0.717) is 11.3 Å². The molecule has 0 bridgehead atoms. The highest BCUT2D eigenvalue weighted by molar-refractivity contribution is 7.95. The van der Waals surface area contributed by atoms with Crippen molar-refractivity contribution in [3.8, 4) is 0 Å². The minimum absolute atomic E-state index is 0.316. The molecule has 7 heteroatoms. The van der Waals surface area contributed by atoms with E-state index in [1.54, 1.807) is 45.9 Å². The number of anilines is 1. The number of ether oxygens (including phenoxy) is 1. The van der Waals surface area contributed by atoms with Gasteiger partial charge in [0, 0.05) is 5.41 Å². The molecule has 0 aromatic heterocycles. The SMILES string of the molecule is C=Cc1cc(C(C)NC(=O)OC(C)(C)C)ccc1NS(=O)(=O)C=C. The van der Waals surface area contributed by atoms with Gasteiger partial charge in [0.25, 0.3) is 10.0 Å². The first-order chi connectivity index (χ1) is 11.0. The van der Waals surface area contributed by atoms with Gasteiger partial charge in [0.05, 0.1) is 11.7 Å². The number of hydrogen-bond acceptors (Lipinski definition) is 4. The number of carbonyl (C=O) groups excluding carboxylic acids is 1. The number of carbonyl (C=O) groups is 1. The maximum Gasteiger partial charge on any atom is 0.408 e. The monoisotopic (exact) mass is 352 g/mol. The molecule has 0 aliphatic heterocycles. The van der Waals surface area contributed by atoms with Crippen LogP contribution in [0.1, 0.15) is 44.9 Å². The van der Waals surface area contributed by atoms with Crippen LogP contribution in [0.5, 0.6) is 0 Å². The average Bonchev–Trinajstić information content (AvgIpc) is 2.45. The first kappa shape index (κ1) is 19.8. The first-order valence-corrected chi connectivity index (χ1v) is 8.93. The van der Waals surface area contributed by atoms with Crippen molar-refractivity contribution in [2.24, 2.45) is 0 Å². The van der Waals surface area contributed by atoms with Crippen LogP contribution < -0.4 is 10.0 Å². The highest BCUT2D eigenvalue weighted by Crippen LogP contribution is 2.24. The van der Waals surface area contributed by atoms with E-state index in [0.717, 1.165) is 11.0 Å². The van der Waals surface area contributed by atoms with Gasteiger partial charge in [0.1, 0.15) is 5.60 Å². The highest BCUT2D eigenvalue weighted by atomic mass is 32.2. The van der Waals surface area contributed by atoms with E-state index in [2.05, 4.69) is 23.2 Å². The summed E-state index contributed by atoms with van der Waals surface area (Å²) in [4.78, 5) is 11.8. The number of amides is 1. The molecule has 0 aliphatic carbocycles. The Balaban J connectivity index is 2.96. The average molecular weight is 352 g/mol. The minimum Gasteiger partial charge on any atom is -0.444 e. The summed E-state index contributed by atoms with van der Waals surface area (Å²) >= 11 is 0. The quantitative estimate of drug-likeness (QED) is 0.815. The van der Waals surface area contributed by atoms with E-state index in [1.807, 2.05) is 0 Å². The molecule has 0 fully saturated rings. The fourth-order valence-corrected chi connectivity index (χ4v) is 2.45. The van der Waals surface area contributed by atoms with Crippen molar-refractivity contribution < 1.29 is 17.9 Å². The Labute approximate surface area is 143 Å². The Morgan fingerprint density at radius 2 is 1.92 bits per heavy atom. The second kappa shape index (κ2) is 7.53. The molecule has 1 aromatic rings. The van der Waals surface area contributed by atoms with Crippen molar-refractivity contribution >= 4 is 27.9 Å². The van der Waals surface area contributed by atoms with Gasteiger partial charge in [-0.2, -0.15) is 0 Å². The van der Waals surface area contributed by atoms with Crippen LogP contribution in [0.25, 0.3) is 6.08 Å². The predicted molar refractivity (Wildman–Crippen MR) is 97.1 cm³/mol.